The highest BCUT2D eigenvalue weighted by atomic mass is 35.5. The average molecular weight is 513 g/mol. The van der Waals surface area contributed by atoms with Crippen molar-refractivity contribution in [3.05, 3.63) is 82.6 Å². The maximum absolute atomic E-state index is 6.29. The molecule has 192 valence electrons. The Morgan fingerprint density at radius 2 is 1.51 bits per heavy atom. The third-order valence-corrected chi connectivity index (χ3v) is 8.15. The van der Waals surface area contributed by atoms with Gasteiger partial charge < -0.3 is 4.74 Å². The van der Waals surface area contributed by atoms with Gasteiger partial charge in [0.1, 0.15) is 18.1 Å². The Bertz CT molecular complexity index is 1210. The van der Waals surface area contributed by atoms with Crippen LogP contribution in [0.4, 0.5) is 0 Å². The maximum Gasteiger partial charge on any atom is 0.122 e. The zero-order valence-electron chi connectivity index (χ0n) is 21.9. The van der Waals surface area contributed by atoms with Crippen LogP contribution in [0.2, 0.25) is 5.02 Å². The lowest BCUT2D eigenvalue weighted by Gasteiger charge is -2.38. The van der Waals surface area contributed by atoms with Crippen LogP contribution < -0.4 is 4.74 Å². The van der Waals surface area contributed by atoms with E-state index in [0.29, 0.717) is 0 Å². The van der Waals surface area contributed by atoms with Crippen molar-refractivity contribution in [3.63, 3.8) is 0 Å². The van der Waals surface area contributed by atoms with Gasteiger partial charge in [-0.3, -0.25) is 4.90 Å². The summed E-state index contributed by atoms with van der Waals surface area (Å²) < 4.78 is 6.29. The van der Waals surface area contributed by atoms with E-state index in [1.54, 1.807) is 0 Å². The van der Waals surface area contributed by atoms with Crippen LogP contribution in [-0.2, 0) is 0 Å². The Balaban J connectivity index is 1.18. The largest absolute Gasteiger partial charge is 0.492 e. The summed E-state index contributed by atoms with van der Waals surface area (Å²) in [5, 5.41) is 0.733. The van der Waals surface area contributed by atoms with Gasteiger partial charge in [0, 0.05) is 41.0 Å². The predicted molar refractivity (Wildman–Crippen MR) is 153 cm³/mol. The lowest BCUT2D eigenvalue weighted by atomic mass is 9.93. The molecule has 0 saturated heterocycles. The van der Waals surface area contributed by atoms with Gasteiger partial charge in [0.25, 0.3) is 0 Å². The zero-order chi connectivity index (χ0) is 25.5. The molecule has 2 fully saturated rings. The number of aromatic nitrogens is 1. The van der Waals surface area contributed by atoms with Crippen LogP contribution in [0.5, 0.6) is 5.75 Å². The smallest absolute Gasteiger partial charge is 0.122 e. The first kappa shape index (κ1) is 25.8. The van der Waals surface area contributed by atoms with Gasteiger partial charge in [0.05, 0.1) is 0 Å². The van der Waals surface area contributed by atoms with Gasteiger partial charge >= 0.3 is 0 Å². The molecule has 0 aliphatic heterocycles. The quantitative estimate of drug-likeness (QED) is 0.299. The zero-order valence-corrected chi connectivity index (χ0v) is 22.6. The number of ether oxygens (including phenoxy) is 1. The average Bonchev–Trinajstić information content (AvgIpc) is 3.47. The summed E-state index contributed by atoms with van der Waals surface area (Å²) >= 11 is 5.99. The Morgan fingerprint density at radius 3 is 2.16 bits per heavy atom. The summed E-state index contributed by atoms with van der Waals surface area (Å²) in [6, 6.07) is 19.5. The standard InChI is InChI=1S/C33H37ClN2O/c1-25-23-26(11-18-30-19-15-28(24-35-30)27-13-16-29(34)17-14-27)12-20-33(25)37-22-21-36(32-9-5-6-10-32)31-7-3-2-4-8-31/h12-17,19-20,23-24,31-32H,2-10,21-22H2,1H3. The van der Waals surface area contributed by atoms with Gasteiger partial charge in [-0.2, -0.15) is 0 Å². The first-order valence-electron chi connectivity index (χ1n) is 13.9. The van der Waals surface area contributed by atoms with E-state index in [9.17, 15) is 0 Å². The second-order valence-corrected chi connectivity index (χ2v) is 10.9. The number of hydrogen-bond donors (Lipinski definition) is 0. The van der Waals surface area contributed by atoms with Crippen molar-refractivity contribution in [1.29, 1.82) is 0 Å². The fourth-order valence-corrected chi connectivity index (χ4v) is 6.01. The van der Waals surface area contributed by atoms with Crippen LogP contribution in [-0.4, -0.2) is 35.1 Å². The molecule has 3 nitrogen and oxygen atoms in total. The first-order chi connectivity index (χ1) is 18.2. The molecular formula is C33H37ClN2O. The molecule has 5 rings (SSSR count). The summed E-state index contributed by atoms with van der Waals surface area (Å²) in [6.07, 6.45) is 14.3. The Morgan fingerprint density at radius 1 is 0.838 bits per heavy atom. The number of hydrogen-bond acceptors (Lipinski definition) is 3. The van der Waals surface area contributed by atoms with Crippen molar-refractivity contribution in [2.24, 2.45) is 0 Å². The van der Waals surface area contributed by atoms with Gasteiger partial charge in [-0.15, -0.1) is 0 Å². The first-order valence-corrected chi connectivity index (χ1v) is 14.3. The van der Waals surface area contributed by atoms with E-state index in [2.05, 4.69) is 40.8 Å². The SMILES string of the molecule is Cc1cc(C#Cc2ccc(-c3ccc(Cl)cc3)cn2)ccc1OCCN(C1CCCCC1)C1CCCC1. The molecule has 1 heterocycles. The van der Waals surface area contributed by atoms with Crippen molar-refractivity contribution in [1.82, 2.24) is 9.88 Å². The molecule has 0 N–H and O–H groups in total. The molecule has 4 heteroatoms. The third-order valence-electron chi connectivity index (χ3n) is 7.90. The van der Waals surface area contributed by atoms with E-state index in [0.717, 1.165) is 64.0 Å². The number of pyridine rings is 1. The minimum atomic E-state index is 0.733. The lowest BCUT2D eigenvalue weighted by Crippen LogP contribution is -2.45. The topological polar surface area (TPSA) is 25.4 Å². The minimum absolute atomic E-state index is 0.733. The van der Waals surface area contributed by atoms with E-state index in [1.165, 1.54) is 57.8 Å². The van der Waals surface area contributed by atoms with Gasteiger partial charge in [0.15, 0.2) is 0 Å². The van der Waals surface area contributed by atoms with Crippen LogP contribution in [0.3, 0.4) is 0 Å². The third kappa shape index (κ3) is 6.95. The Kier molecular flexibility index (Phi) is 8.82. The molecule has 0 spiro atoms. The fourth-order valence-electron chi connectivity index (χ4n) is 5.88. The van der Waals surface area contributed by atoms with Crippen LogP contribution >= 0.6 is 11.6 Å². The summed E-state index contributed by atoms with van der Waals surface area (Å²) in [7, 11) is 0. The summed E-state index contributed by atoms with van der Waals surface area (Å²) in [6.45, 7) is 3.90. The Labute approximate surface area is 227 Å². The minimum Gasteiger partial charge on any atom is -0.492 e. The molecule has 2 aliphatic rings. The van der Waals surface area contributed by atoms with Crippen LogP contribution in [0.25, 0.3) is 11.1 Å². The monoisotopic (exact) mass is 512 g/mol. The van der Waals surface area contributed by atoms with Crippen LogP contribution in [0.15, 0.2) is 60.8 Å². The van der Waals surface area contributed by atoms with Crippen LogP contribution in [0, 0.1) is 18.8 Å². The molecule has 2 aromatic carbocycles. The van der Waals surface area contributed by atoms with E-state index < -0.39 is 0 Å². The number of halogens is 1. The second-order valence-electron chi connectivity index (χ2n) is 10.5. The van der Waals surface area contributed by atoms with Crippen molar-refractivity contribution in [3.8, 4) is 28.7 Å². The molecule has 0 bridgehead atoms. The van der Waals surface area contributed by atoms with Gasteiger partial charge in [-0.05, 0) is 86.1 Å². The number of aryl methyl sites for hydroxylation is 1. The number of benzene rings is 2. The van der Waals surface area contributed by atoms with Crippen molar-refractivity contribution >= 4 is 11.6 Å². The molecule has 3 aromatic rings. The molecule has 2 aliphatic carbocycles. The molecule has 37 heavy (non-hydrogen) atoms. The van der Waals surface area contributed by atoms with Gasteiger partial charge in [-0.1, -0.05) is 67.8 Å². The summed E-state index contributed by atoms with van der Waals surface area (Å²) in [5.41, 5.74) is 5.00. The molecule has 0 unspecified atom stereocenters. The molecule has 0 atom stereocenters. The lowest BCUT2D eigenvalue weighted by molar-refractivity contribution is 0.0871. The molecule has 1 aromatic heterocycles. The van der Waals surface area contributed by atoms with Crippen LogP contribution in [0.1, 0.15) is 74.6 Å². The molecule has 2 saturated carbocycles. The van der Waals surface area contributed by atoms with E-state index in [1.807, 2.05) is 48.7 Å². The maximum atomic E-state index is 6.29. The number of rotatable bonds is 7. The fraction of sp³-hybridized carbons (Fsp3) is 0.424. The predicted octanol–water partition coefficient (Wildman–Crippen LogP) is 8.07. The summed E-state index contributed by atoms with van der Waals surface area (Å²) in [5.74, 6) is 7.41. The molecule has 0 amide bonds. The second kappa shape index (κ2) is 12.6. The van der Waals surface area contributed by atoms with E-state index in [-0.39, 0.29) is 0 Å². The normalized spacial score (nSPS) is 16.5. The number of nitrogens with zero attached hydrogens (tertiary/aromatic N) is 2. The molecule has 0 radical (unpaired) electrons. The highest BCUT2D eigenvalue weighted by molar-refractivity contribution is 6.30. The van der Waals surface area contributed by atoms with Crippen molar-refractivity contribution in [2.75, 3.05) is 13.2 Å². The van der Waals surface area contributed by atoms with E-state index >= 15 is 0 Å². The van der Waals surface area contributed by atoms with E-state index in [4.69, 9.17) is 16.3 Å². The summed E-state index contributed by atoms with van der Waals surface area (Å²) in [4.78, 5) is 7.32. The van der Waals surface area contributed by atoms with Crippen molar-refractivity contribution in [2.45, 2.75) is 76.8 Å². The van der Waals surface area contributed by atoms with Gasteiger partial charge in [0.2, 0.25) is 0 Å². The molecular weight excluding hydrogens is 476 g/mol. The van der Waals surface area contributed by atoms with Crippen molar-refractivity contribution < 1.29 is 4.74 Å². The highest BCUT2D eigenvalue weighted by Crippen LogP contribution is 2.31. The highest BCUT2D eigenvalue weighted by Gasteiger charge is 2.29. The van der Waals surface area contributed by atoms with Gasteiger partial charge in [-0.25, -0.2) is 4.98 Å². The Hall–Kier alpha value is -2.80.